The number of halogens is 4. The first kappa shape index (κ1) is 17.8. The average molecular weight is 421 g/mol. The van der Waals surface area contributed by atoms with E-state index in [4.69, 9.17) is 0 Å². The zero-order valence-electron chi connectivity index (χ0n) is 12.9. The second-order valence-electron chi connectivity index (χ2n) is 5.62. The fourth-order valence-corrected chi connectivity index (χ4v) is 3.84. The van der Waals surface area contributed by atoms with Gasteiger partial charge in [-0.3, -0.25) is 4.31 Å². The first-order chi connectivity index (χ1) is 11.4. The van der Waals surface area contributed by atoms with Gasteiger partial charge in [0, 0.05) is 35.2 Å². The van der Waals surface area contributed by atoms with Crippen molar-refractivity contribution >= 4 is 44.7 Å². The molecule has 1 N–H and O–H groups in total. The van der Waals surface area contributed by atoms with E-state index in [2.05, 4.69) is 41.8 Å². The Labute approximate surface area is 150 Å². The van der Waals surface area contributed by atoms with Crippen molar-refractivity contribution in [1.29, 1.82) is 0 Å². The van der Waals surface area contributed by atoms with Crippen molar-refractivity contribution in [3.63, 3.8) is 0 Å². The minimum absolute atomic E-state index is 0.277. The zero-order chi connectivity index (χ0) is 17.3. The molecule has 0 bridgehead atoms. The van der Waals surface area contributed by atoms with Gasteiger partial charge in [0.1, 0.15) is 0 Å². The molecule has 2 aromatic rings. The molecule has 1 aromatic heterocycles. The van der Waals surface area contributed by atoms with Gasteiger partial charge in [0.05, 0.1) is 11.1 Å². The number of hydrogen-bond donors (Lipinski definition) is 1. The summed E-state index contributed by atoms with van der Waals surface area (Å²) in [7, 11) is 0. The summed E-state index contributed by atoms with van der Waals surface area (Å²) in [5.41, 5.74) is -0.238. The SMILES string of the molecule is CSN1CCC(Nc2ncc3cc(C(F)(F)F)cc(Br)c3n2)CC1. The molecule has 0 radical (unpaired) electrons. The lowest BCUT2D eigenvalue weighted by Gasteiger charge is -2.30. The van der Waals surface area contributed by atoms with Crippen molar-refractivity contribution in [1.82, 2.24) is 14.3 Å². The zero-order valence-corrected chi connectivity index (χ0v) is 15.3. The molecule has 0 atom stereocenters. The summed E-state index contributed by atoms with van der Waals surface area (Å²) in [6.07, 6.45) is 1.07. The maximum absolute atomic E-state index is 12.9. The summed E-state index contributed by atoms with van der Waals surface area (Å²) in [6, 6.07) is 2.40. The fraction of sp³-hybridized carbons (Fsp3) is 0.467. The normalized spacial score (nSPS) is 17.4. The molecule has 1 saturated heterocycles. The monoisotopic (exact) mass is 420 g/mol. The van der Waals surface area contributed by atoms with E-state index in [-0.39, 0.29) is 6.04 Å². The van der Waals surface area contributed by atoms with Gasteiger partial charge >= 0.3 is 6.18 Å². The highest BCUT2D eigenvalue weighted by Crippen LogP contribution is 2.34. The molecule has 3 rings (SSSR count). The van der Waals surface area contributed by atoms with Crippen LogP contribution in [-0.2, 0) is 6.18 Å². The number of benzene rings is 1. The Balaban J connectivity index is 1.80. The third kappa shape index (κ3) is 3.94. The van der Waals surface area contributed by atoms with Gasteiger partial charge in [-0.05, 0) is 47.2 Å². The summed E-state index contributed by atoms with van der Waals surface area (Å²) >= 11 is 4.93. The van der Waals surface area contributed by atoms with Gasteiger partial charge < -0.3 is 5.32 Å². The molecule has 0 amide bonds. The molecule has 0 aliphatic carbocycles. The quantitative estimate of drug-likeness (QED) is 0.736. The molecule has 1 aromatic carbocycles. The lowest BCUT2D eigenvalue weighted by Crippen LogP contribution is -2.35. The van der Waals surface area contributed by atoms with E-state index < -0.39 is 11.7 Å². The van der Waals surface area contributed by atoms with Crippen LogP contribution in [0.2, 0.25) is 0 Å². The number of nitrogens with zero attached hydrogens (tertiary/aromatic N) is 3. The molecule has 24 heavy (non-hydrogen) atoms. The van der Waals surface area contributed by atoms with E-state index in [1.807, 2.05) is 0 Å². The molecule has 0 spiro atoms. The van der Waals surface area contributed by atoms with Gasteiger partial charge in [-0.25, -0.2) is 9.97 Å². The van der Waals surface area contributed by atoms with E-state index >= 15 is 0 Å². The van der Waals surface area contributed by atoms with Gasteiger partial charge in [0.25, 0.3) is 0 Å². The highest BCUT2D eigenvalue weighted by atomic mass is 79.9. The van der Waals surface area contributed by atoms with Gasteiger partial charge in [0.15, 0.2) is 0 Å². The standard InChI is InChI=1S/C15H16BrF3N4S/c1-24-23-4-2-11(3-5-23)21-14-20-8-9-6-10(15(17,18)19)7-12(16)13(9)22-14/h6-8,11H,2-5H2,1H3,(H,20,21,22). The summed E-state index contributed by atoms with van der Waals surface area (Å²) in [5.74, 6) is 0.450. The van der Waals surface area contributed by atoms with E-state index in [9.17, 15) is 13.2 Å². The molecule has 0 unspecified atom stereocenters. The Morgan fingerprint density at radius 2 is 2.00 bits per heavy atom. The smallest absolute Gasteiger partial charge is 0.351 e. The number of piperidine rings is 1. The minimum Gasteiger partial charge on any atom is -0.351 e. The van der Waals surface area contributed by atoms with Crippen LogP contribution in [0.1, 0.15) is 18.4 Å². The Morgan fingerprint density at radius 3 is 2.62 bits per heavy atom. The lowest BCUT2D eigenvalue weighted by molar-refractivity contribution is -0.137. The molecule has 130 valence electrons. The van der Waals surface area contributed by atoms with Crippen LogP contribution in [0.15, 0.2) is 22.8 Å². The van der Waals surface area contributed by atoms with Gasteiger partial charge in [0.2, 0.25) is 5.95 Å². The van der Waals surface area contributed by atoms with Gasteiger partial charge in [-0.1, -0.05) is 11.9 Å². The summed E-state index contributed by atoms with van der Waals surface area (Å²) < 4.78 is 41.2. The predicted molar refractivity (Wildman–Crippen MR) is 94.0 cm³/mol. The summed E-state index contributed by atoms with van der Waals surface area (Å²) in [6.45, 7) is 1.98. The first-order valence-corrected chi connectivity index (χ1v) is 9.43. The molecule has 1 aliphatic rings. The number of nitrogens with one attached hydrogen (secondary N) is 1. The highest BCUT2D eigenvalue weighted by molar-refractivity contribution is 9.10. The van der Waals surface area contributed by atoms with Crippen molar-refractivity contribution in [2.75, 3.05) is 24.7 Å². The van der Waals surface area contributed by atoms with Crippen LogP contribution in [-0.4, -0.2) is 39.7 Å². The van der Waals surface area contributed by atoms with Gasteiger partial charge in [-0.15, -0.1) is 0 Å². The topological polar surface area (TPSA) is 41.0 Å². The number of hydrogen-bond acceptors (Lipinski definition) is 5. The van der Waals surface area contributed by atoms with E-state index in [0.717, 1.165) is 38.1 Å². The molecule has 9 heteroatoms. The van der Waals surface area contributed by atoms with Crippen LogP contribution in [0.3, 0.4) is 0 Å². The van der Waals surface area contributed by atoms with E-state index in [0.29, 0.717) is 21.3 Å². The third-order valence-corrected chi connectivity index (χ3v) is 5.50. The molecule has 2 heterocycles. The largest absolute Gasteiger partial charge is 0.416 e. The van der Waals surface area contributed by atoms with Crippen LogP contribution in [0.5, 0.6) is 0 Å². The molecular weight excluding hydrogens is 405 g/mol. The van der Waals surface area contributed by atoms with Crippen molar-refractivity contribution in [3.8, 4) is 0 Å². The Morgan fingerprint density at radius 1 is 1.29 bits per heavy atom. The van der Waals surface area contributed by atoms with Gasteiger partial charge in [-0.2, -0.15) is 13.2 Å². The Kier molecular flexibility index (Phi) is 5.22. The van der Waals surface area contributed by atoms with Crippen molar-refractivity contribution in [3.05, 3.63) is 28.4 Å². The lowest BCUT2D eigenvalue weighted by atomic mass is 10.1. The van der Waals surface area contributed by atoms with Crippen molar-refractivity contribution in [2.24, 2.45) is 0 Å². The first-order valence-electron chi connectivity index (χ1n) is 7.46. The molecule has 1 fully saturated rings. The van der Waals surface area contributed by atoms with E-state index in [1.165, 1.54) is 6.20 Å². The number of fused-ring (bicyclic) bond motifs is 1. The molecule has 1 aliphatic heterocycles. The number of rotatable bonds is 3. The van der Waals surface area contributed by atoms with Crippen LogP contribution in [0.25, 0.3) is 10.9 Å². The molecular formula is C15H16BrF3N4S. The summed E-state index contributed by atoms with van der Waals surface area (Å²) in [5, 5.41) is 3.65. The highest BCUT2D eigenvalue weighted by Gasteiger charge is 2.31. The second kappa shape index (κ2) is 7.05. The average Bonchev–Trinajstić information content (AvgIpc) is 2.55. The maximum atomic E-state index is 12.9. The van der Waals surface area contributed by atoms with Crippen LogP contribution >= 0.6 is 27.9 Å². The molecule has 4 nitrogen and oxygen atoms in total. The van der Waals surface area contributed by atoms with Crippen LogP contribution in [0, 0.1) is 0 Å². The number of anilines is 1. The van der Waals surface area contributed by atoms with Crippen LogP contribution < -0.4 is 5.32 Å². The van der Waals surface area contributed by atoms with E-state index in [1.54, 1.807) is 11.9 Å². The fourth-order valence-electron chi connectivity index (χ4n) is 2.70. The second-order valence-corrected chi connectivity index (χ2v) is 7.35. The van der Waals surface area contributed by atoms with Crippen LogP contribution in [0.4, 0.5) is 19.1 Å². The third-order valence-electron chi connectivity index (χ3n) is 4.01. The predicted octanol–water partition coefficient (Wildman–Crippen LogP) is 4.57. The minimum atomic E-state index is -4.39. The number of aromatic nitrogens is 2. The summed E-state index contributed by atoms with van der Waals surface area (Å²) in [4.78, 5) is 8.55. The molecule has 0 saturated carbocycles. The maximum Gasteiger partial charge on any atom is 0.416 e. The van der Waals surface area contributed by atoms with Crippen molar-refractivity contribution in [2.45, 2.75) is 25.1 Å². The Hall–Kier alpha value is -1.06. The number of alkyl halides is 3. The van der Waals surface area contributed by atoms with Crippen molar-refractivity contribution < 1.29 is 13.2 Å². The Bertz CT molecular complexity index is 732.